The van der Waals surface area contributed by atoms with Crippen LogP contribution < -0.4 is 26.0 Å². The van der Waals surface area contributed by atoms with Gasteiger partial charge in [-0.1, -0.05) is 12.1 Å². The molecule has 0 aromatic heterocycles. The van der Waals surface area contributed by atoms with E-state index in [4.69, 9.17) is 9.39 Å². The van der Waals surface area contributed by atoms with E-state index in [0.717, 1.165) is 0 Å². The Hall–Kier alpha value is -3.04. The van der Waals surface area contributed by atoms with Crippen molar-refractivity contribution in [3.63, 3.8) is 0 Å². The molecule has 0 aliphatic carbocycles. The maximum Gasteiger partial charge on any atom is 0.494 e. The van der Waals surface area contributed by atoms with E-state index in [1.54, 1.807) is 43.3 Å². The van der Waals surface area contributed by atoms with Gasteiger partial charge in [-0.25, -0.2) is 0 Å². The fourth-order valence-electron chi connectivity index (χ4n) is 3.86. The molecule has 1 heterocycles. The first-order chi connectivity index (χ1) is 14.5. The second-order valence-corrected chi connectivity index (χ2v) is 8.44. The zero-order valence-corrected chi connectivity index (χ0v) is 18.6. The Bertz CT molecular complexity index is 1010. The highest BCUT2D eigenvalue weighted by Gasteiger charge is 2.39. The molecule has 0 fully saturated rings. The van der Waals surface area contributed by atoms with E-state index in [1.165, 1.54) is 7.11 Å². The molecule has 1 aliphatic heterocycles. The highest BCUT2D eigenvalue weighted by atomic mass is 16.5. The van der Waals surface area contributed by atoms with Crippen molar-refractivity contribution in [2.45, 2.75) is 46.4 Å². The number of nitrogens with zero attached hydrogens (tertiary/aromatic N) is 1. The van der Waals surface area contributed by atoms with Crippen molar-refractivity contribution in [2.24, 2.45) is 0 Å². The summed E-state index contributed by atoms with van der Waals surface area (Å²) < 4.78 is 10.9. The van der Waals surface area contributed by atoms with E-state index >= 15 is 0 Å². The molecule has 0 saturated heterocycles. The number of amides is 2. The lowest BCUT2D eigenvalue weighted by Gasteiger charge is -2.46. The van der Waals surface area contributed by atoms with E-state index in [1.807, 2.05) is 32.6 Å². The van der Waals surface area contributed by atoms with Crippen molar-refractivity contribution in [1.82, 2.24) is 10.9 Å². The van der Waals surface area contributed by atoms with Gasteiger partial charge in [0.1, 0.15) is 12.0 Å². The molecule has 3 N–H and O–H groups in total. The number of hydrazine groups is 1. The third kappa shape index (κ3) is 4.52. The molecule has 1 aliphatic rings. The summed E-state index contributed by atoms with van der Waals surface area (Å²) in [7, 11) is 0.461. The lowest BCUT2D eigenvalue weighted by molar-refractivity contribution is 0.0846. The summed E-state index contributed by atoms with van der Waals surface area (Å²) in [6.45, 7) is 9.70. The van der Waals surface area contributed by atoms with Crippen LogP contribution in [0.5, 0.6) is 5.75 Å². The quantitative estimate of drug-likeness (QED) is 0.512. The van der Waals surface area contributed by atoms with Crippen molar-refractivity contribution in [3.05, 3.63) is 53.1 Å². The van der Waals surface area contributed by atoms with E-state index in [-0.39, 0.29) is 11.8 Å². The maximum atomic E-state index is 12.7. The van der Waals surface area contributed by atoms with Gasteiger partial charge < -0.3 is 19.3 Å². The number of anilines is 1. The third-order valence-corrected chi connectivity index (χ3v) is 5.27. The van der Waals surface area contributed by atoms with Gasteiger partial charge >= 0.3 is 7.12 Å². The predicted octanol–water partition coefficient (Wildman–Crippen LogP) is 1.75. The van der Waals surface area contributed by atoms with Crippen LogP contribution in [-0.4, -0.2) is 42.8 Å². The molecule has 1 unspecified atom stereocenters. The fourth-order valence-corrected chi connectivity index (χ4v) is 3.86. The Kier molecular flexibility index (Phi) is 6.29. The van der Waals surface area contributed by atoms with Crippen LogP contribution in [0.1, 0.15) is 54.0 Å². The summed E-state index contributed by atoms with van der Waals surface area (Å²) in [6.07, 6.45) is -0.378. The summed E-state index contributed by atoms with van der Waals surface area (Å²) in [5.74, 6) is -0.332. The van der Waals surface area contributed by atoms with Crippen molar-refractivity contribution >= 4 is 30.1 Å². The van der Waals surface area contributed by atoms with Gasteiger partial charge in [-0.2, -0.15) is 0 Å². The van der Waals surface area contributed by atoms with Crippen molar-refractivity contribution in [1.29, 1.82) is 0 Å². The second kappa shape index (κ2) is 8.60. The normalized spacial score (nSPS) is 15.9. The van der Waals surface area contributed by atoms with Crippen molar-refractivity contribution in [2.75, 3.05) is 12.0 Å². The Morgan fingerprint density at radius 2 is 1.84 bits per heavy atom. The highest BCUT2D eigenvalue weighted by molar-refractivity contribution is 6.62. The van der Waals surface area contributed by atoms with Gasteiger partial charge in [0.15, 0.2) is 0 Å². The number of methoxy groups -OCH3 is 1. The number of ether oxygens (including phenoxy) is 1. The minimum absolute atomic E-state index is 0.304. The number of nitrogens with one attached hydrogen (secondary N) is 2. The van der Waals surface area contributed by atoms with Crippen molar-refractivity contribution in [3.8, 4) is 5.75 Å². The van der Waals surface area contributed by atoms with Crippen LogP contribution >= 0.6 is 0 Å². The lowest BCUT2D eigenvalue weighted by Crippen LogP contribution is -2.58. The van der Waals surface area contributed by atoms with Crippen LogP contribution in [0.25, 0.3) is 0 Å². The number of hydrogen-bond donors (Lipinski definition) is 3. The molecule has 164 valence electrons. The molecule has 2 amide bonds. The first-order valence-electron chi connectivity index (χ1n) is 10.1. The van der Waals surface area contributed by atoms with Crippen LogP contribution in [0.15, 0.2) is 36.4 Å². The van der Waals surface area contributed by atoms with Crippen molar-refractivity contribution < 1.29 is 24.0 Å². The molecule has 31 heavy (non-hydrogen) atoms. The Morgan fingerprint density at radius 1 is 1.16 bits per heavy atom. The molecule has 0 saturated carbocycles. The average Bonchev–Trinajstić information content (AvgIpc) is 2.70. The molecule has 0 bridgehead atoms. The minimum Gasteiger partial charge on any atom is -0.496 e. The topological polar surface area (TPSA) is 100 Å². The maximum absolute atomic E-state index is 12.7. The van der Waals surface area contributed by atoms with Crippen LogP contribution in [0.4, 0.5) is 5.69 Å². The fraction of sp³-hybridized carbons (Fsp3) is 0.364. The summed E-state index contributed by atoms with van der Waals surface area (Å²) in [6, 6.07) is 10.1. The molecule has 2 aromatic carbocycles. The van der Waals surface area contributed by atoms with Gasteiger partial charge in [-0.05, 0) is 58.9 Å². The largest absolute Gasteiger partial charge is 0.496 e. The number of benzene rings is 2. The minimum atomic E-state index is -1.07. The molecule has 8 nitrogen and oxygen atoms in total. The summed E-state index contributed by atoms with van der Waals surface area (Å²) in [4.78, 5) is 27.3. The van der Waals surface area contributed by atoms with E-state index in [2.05, 4.69) is 10.9 Å². The smallest absolute Gasteiger partial charge is 0.494 e. The predicted molar refractivity (Wildman–Crippen MR) is 119 cm³/mol. The van der Waals surface area contributed by atoms with Crippen LogP contribution in [0.2, 0.25) is 0 Å². The molecule has 9 heteroatoms. The Balaban J connectivity index is 1.81. The number of hydrogen-bond acceptors (Lipinski definition) is 6. The molecular weight excluding hydrogens is 397 g/mol. The second-order valence-electron chi connectivity index (χ2n) is 8.44. The van der Waals surface area contributed by atoms with Gasteiger partial charge in [0.2, 0.25) is 0 Å². The molecular formula is C22H28BN3O5. The van der Waals surface area contributed by atoms with Crippen LogP contribution in [0.3, 0.4) is 0 Å². The van der Waals surface area contributed by atoms with Gasteiger partial charge in [-0.15, -0.1) is 0 Å². The molecule has 0 radical (unpaired) electrons. The van der Waals surface area contributed by atoms with Gasteiger partial charge in [0, 0.05) is 33.4 Å². The van der Waals surface area contributed by atoms with Gasteiger partial charge in [-0.3, -0.25) is 20.4 Å². The Labute approximate surface area is 182 Å². The molecule has 0 spiro atoms. The molecule has 1 atom stereocenters. The number of carbonyl (C=O) groups excluding carboxylic acids is 2. The number of carbonyl (C=O) groups is 2. The van der Waals surface area contributed by atoms with Crippen LogP contribution in [0, 0.1) is 6.92 Å². The van der Waals surface area contributed by atoms with E-state index in [9.17, 15) is 14.6 Å². The average molecular weight is 425 g/mol. The number of fused-ring (bicyclic) bond motifs is 1. The zero-order valence-electron chi connectivity index (χ0n) is 18.6. The Morgan fingerprint density at radius 3 is 2.48 bits per heavy atom. The monoisotopic (exact) mass is 425 g/mol. The summed E-state index contributed by atoms with van der Waals surface area (Å²) in [5, 5.41) is 10.3. The van der Waals surface area contributed by atoms with E-state index in [0.29, 0.717) is 33.6 Å². The van der Waals surface area contributed by atoms with Crippen LogP contribution in [-0.2, 0) is 4.65 Å². The van der Waals surface area contributed by atoms with E-state index < -0.39 is 18.9 Å². The molecule has 2 aromatic rings. The molecule has 3 rings (SSSR count). The summed E-state index contributed by atoms with van der Waals surface area (Å²) >= 11 is 0. The SMILES string of the molecule is COc1cccc(C(=O)NNC(=O)c2ccc3c(c2)N(C(C)(C)C)C(C)OB3O)c1C. The summed E-state index contributed by atoms with van der Waals surface area (Å²) in [5.41, 5.74) is 7.31. The first-order valence-corrected chi connectivity index (χ1v) is 10.1. The first kappa shape index (κ1) is 22.6. The standard InChI is InChI=1S/C22H28BN3O5/c1-13-16(8-7-9-19(13)30-6)21(28)25-24-20(27)15-10-11-17-18(12-15)26(22(3,4)5)14(2)31-23(17)29/h7-12,14,29H,1-6H3,(H,24,27)(H,25,28). The lowest BCUT2D eigenvalue weighted by atomic mass is 9.75. The zero-order chi connectivity index (χ0) is 22.9. The number of rotatable bonds is 3. The third-order valence-electron chi connectivity index (χ3n) is 5.27. The highest BCUT2D eigenvalue weighted by Crippen LogP contribution is 2.30. The van der Waals surface area contributed by atoms with Gasteiger partial charge in [0.25, 0.3) is 11.8 Å². The van der Waals surface area contributed by atoms with Gasteiger partial charge in [0.05, 0.1) is 7.11 Å².